The minimum Gasteiger partial charge on any atom is -0.399 e. The maximum absolute atomic E-state index is 5.81. The van der Waals surface area contributed by atoms with E-state index in [4.69, 9.17) is 5.73 Å². The van der Waals surface area contributed by atoms with Crippen molar-refractivity contribution in [3.63, 3.8) is 0 Å². The summed E-state index contributed by atoms with van der Waals surface area (Å²) in [6, 6.07) is 22.8. The van der Waals surface area contributed by atoms with Crippen molar-refractivity contribution >= 4 is 16.5 Å². The van der Waals surface area contributed by atoms with Gasteiger partial charge in [0.2, 0.25) is 0 Å². The molecule has 0 heterocycles. The summed E-state index contributed by atoms with van der Waals surface area (Å²) < 4.78 is 0. The summed E-state index contributed by atoms with van der Waals surface area (Å²) in [6.45, 7) is 0. The molecule has 3 aromatic carbocycles. The Bertz CT molecular complexity index is 657. The highest BCUT2D eigenvalue weighted by molar-refractivity contribution is 5.97. The number of fused-ring (bicyclic) bond motifs is 1. The highest BCUT2D eigenvalue weighted by Crippen LogP contribution is 2.29. The Kier molecular flexibility index (Phi) is 2.30. The van der Waals surface area contributed by atoms with E-state index in [0.717, 1.165) is 5.69 Å². The van der Waals surface area contributed by atoms with Crippen LogP contribution in [-0.2, 0) is 0 Å². The third-order valence-electron chi connectivity index (χ3n) is 2.99. The van der Waals surface area contributed by atoms with Crippen LogP contribution in [0.3, 0.4) is 0 Å². The molecule has 1 heteroatoms. The van der Waals surface area contributed by atoms with Gasteiger partial charge in [0.25, 0.3) is 0 Å². The molecule has 0 unspecified atom stereocenters. The fraction of sp³-hybridized carbons (Fsp3) is 0. The molecule has 0 saturated heterocycles. The van der Waals surface area contributed by atoms with E-state index in [1.165, 1.54) is 21.9 Å². The predicted molar refractivity (Wildman–Crippen MR) is 73.8 cm³/mol. The molecule has 0 radical (unpaired) electrons. The number of rotatable bonds is 1. The molecule has 0 fully saturated rings. The van der Waals surface area contributed by atoms with E-state index in [9.17, 15) is 0 Å². The summed E-state index contributed by atoms with van der Waals surface area (Å²) >= 11 is 0. The fourth-order valence-electron chi connectivity index (χ4n) is 2.17. The SMILES string of the molecule is Nc1ccc2c(-c3ccccc3)cccc2c1. The largest absolute Gasteiger partial charge is 0.399 e. The first kappa shape index (κ1) is 9.91. The molecule has 0 atom stereocenters. The highest BCUT2D eigenvalue weighted by atomic mass is 14.5. The van der Waals surface area contributed by atoms with Gasteiger partial charge in [-0.05, 0) is 34.0 Å². The van der Waals surface area contributed by atoms with E-state index < -0.39 is 0 Å². The number of benzene rings is 3. The summed E-state index contributed by atoms with van der Waals surface area (Å²) in [7, 11) is 0. The van der Waals surface area contributed by atoms with Crippen molar-refractivity contribution in [2.45, 2.75) is 0 Å². The average Bonchev–Trinajstić information content (AvgIpc) is 2.39. The van der Waals surface area contributed by atoms with E-state index in [2.05, 4.69) is 48.5 Å². The van der Waals surface area contributed by atoms with E-state index in [-0.39, 0.29) is 0 Å². The van der Waals surface area contributed by atoms with Gasteiger partial charge in [0.15, 0.2) is 0 Å². The van der Waals surface area contributed by atoms with Crippen LogP contribution in [0.5, 0.6) is 0 Å². The van der Waals surface area contributed by atoms with Gasteiger partial charge >= 0.3 is 0 Å². The maximum Gasteiger partial charge on any atom is 0.0320 e. The quantitative estimate of drug-likeness (QED) is 0.613. The van der Waals surface area contributed by atoms with Crippen molar-refractivity contribution in [2.24, 2.45) is 0 Å². The van der Waals surface area contributed by atoms with Gasteiger partial charge in [-0.25, -0.2) is 0 Å². The lowest BCUT2D eigenvalue weighted by Crippen LogP contribution is -1.85. The topological polar surface area (TPSA) is 26.0 Å². The molecule has 17 heavy (non-hydrogen) atoms. The molecule has 2 N–H and O–H groups in total. The molecule has 0 aliphatic carbocycles. The Morgan fingerprint density at radius 1 is 0.706 bits per heavy atom. The zero-order valence-electron chi connectivity index (χ0n) is 9.43. The molecule has 0 saturated carbocycles. The Morgan fingerprint density at radius 3 is 2.35 bits per heavy atom. The van der Waals surface area contributed by atoms with Crippen molar-refractivity contribution in [2.75, 3.05) is 5.73 Å². The minimum absolute atomic E-state index is 0.808. The summed E-state index contributed by atoms with van der Waals surface area (Å²) in [5, 5.41) is 2.43. The van der Waals surface area contributed by atoms with Crippen molar-refractivity contribution in [1.29, 1.82) is 0 Å². The lowest BCUT2D eigenvalue weighted by atomic mass is 9.98. The summed E-state index contributed by atoms with van der Waals surface area (Å²) in [5.41, 5.74) is 9.11. The van der Waals surface area contributed by atoms with Crippen LogP contribution in [-0.4, -0.2) is 0 Å². The average molecular weight is 219 g/mol. The van der Waals surface area contributed by atoms with Gasteiger partial charge in [-0.1, -0.05) is 54.6 Å². The van der Waals surface area contributed by atoms with Gasteiger partial charge in [-0.2, -0.15) is 0 Å². The van der Waals surface area contributed by atoms with E-state index >= 15 is 0 Å². The van der Waals surface area contributed by atoms with Gasteiger partial charge in [0.05, 0.1) is 0 Å². The van der Waals surface area contributed by atoms with Crippen molar-refractivity contribution in [1.82, 2.24) is 0 Å². The maximum atomic E-state index is 5.81. The molecule has 3 aromatic rings. The molecule has 0 amide bonds. The van der Waals surface area contributed by atoms with E-state index in [1.807, 2.05) is 18.2 Å². The molecule has 1 nitrogen and oxygen atoms in total. The molecule has 0 bridgehead atoms. The van der Waals surface area contributed by atoms with E-state index in [1.54, 1.807) is 0 Å². The van der Waals surface area contributed by atoms with Gasteiger partial charge < -0.3 is 5.73 Å². The second-order valence-electron chi connectivity index (χ2n) is 4.15. The Hall–Kier alpha value is -2.28. The lowest BCUT2D eigenvalue weighted by molar-refractivity contribution is 1.65. The molecular weight excluding hydrogens is 206 g/mol. The van der Waals surface area contributed by atoms with Crippen LogP contribution in [0.1, 0.15) is 0 Å². The monoisotopic (exact) mass is 219 g/mol. The number of anilines is 1. The van der Waals surface area contributed by atoms with Crippen LogP contribution in [0.15, 0.2) is 66.7 Å². The van der Waals surface area contributed by atoms with Crippen LogP contribution in [0.4, 0.5) is 5.69 Å². The number of hydrogen-bond acceptors (Lipinski definition) is 1. The van der Waals surface area contributed by atoms with Gasteiger partial charge in [0.1, 0.15) is 0 Å². The van der Waals surface area contributed by atoms with Crippen LogP contribution in [0, 0.1) is 0 Å². The fourth-order valence-corrected chi connectivity index (χ4v) is 2.17. The third-order valence-corrected chi connectivity index (χ3v) is 2.99. The number of hydrogen-bond donors (Lipinski definition) is 1. The first-order chi connectivity index (χ1) is 8.34. The second-order valence-corrected chi connectivity index (χ2v) is 4.15. The molecule has 0 aliphatic heterocycles. The number of nitrogen functional groups attached to an aromatic ring is 1. The molecule has 0 spiro atoms. The number of nitrogens with two attached hydrogens (primary N) is 1. The minimum atomic E-state index is 0.808. The summed E-state index contributed by atoms with van der Waals surface area (Å²) in [5.74, 6) is 0. The Balaban J connectivity index is 2.31. The first-order valence-corrected chi connectivity index (χ1v) is 5.68. The molecule has 82 valence electrons. The van der Waals surface area contributed by atoms with Gasteiger partial charge in [0, 0.05) is 5.69 Å². The van der Waals surface area contributed by atoms with Crippen LogP contribution < -0.4 is 5.73 Å². The van der Waals surface area contributed by atoms with Crippen molar-refractivity contribution in [3.8, 4) is 11.1 Å². The smallest absolute Gasteiger partial charge is 0.0320 e. The van der Waals surface area contributed by atoms with E-state index in [0.29, 0.717) is 0 Å². The zero-order valence-corrected chi connectivity index (χ0v) is 9.43. The van der Waals surface area contributed by atoms with Gasteiger partial charge in [-0.15, -0.1) is 0 Å². The summed E-state index contributed by atoms with van der Waals surface area (Å²) in [4.78, 5) is 0. The van der Waals surface area contributed by atoms with Crippen molar-refractivity contribution in [3.05, 3.63) is 66.7 Å². The molecule has 3 rings (SSSR count). The third kappa shape index (κ3) is 1.76. The Morgan fingerprint density at radius 2 is 1.53 bits per heavy atom. The molecule has 0 aromatic heterocycles. The Labute approximate surface area is 101 Å². The van der Waals surface area contributed by atoms with Crippen LogP contribution >= 0.6 is 0 Å². The van der Waals surface area contributed by atoms with Crippen LogP contribution in [0.25, 0.3) is 21.9 Å². The summed E-state index contributed by atoms with van der Waals surface area (Å²) in [6.07, 6.45) is 0. The molecule has 0 aliphatic rings. The standard InChI is InChI=1S/C16H13N/c17-14-9-10-16-13(11-14)7-4-8-15(16)12-5-2-1-3-6-12/h1-11H,17H2. The van der Waals surface area contributed by atoms with Crippen LogP contribution in [0.2, 0.25) is 0 Å². The lowest BCUT2D eigenvalue weighted by Gasteiger charge is -2.07. The first-order valence-electron chi connectivity index (χ1n) is 5.68. The van der Waals surface area contributed by atoms with Crippen molar-refractivity contribution < 1.29 is 0 Å². The predicted octanol–water partition coefficient (Wildman–Crippen LogP) is 4.09. The normalized spacial score (nSPS) is 10.6. The highest BCUT2D eigenvalue weighted by Gasteiger charge is 2.02. The molecular formula is C16H13N. The van der Waals surface area contributed by atoms with Gasteiger partial charge in [-0.3, -0.25) is 0 Å². The second kappa shape index (κ2) is 3.95. The zero-order chi connectivity index (χ0) is 11.7.